The molecule has 0 spiro atoms. The second kappa shape index (κ2) is 4.69. The summed E-state index contributed by atoms with van der Waals surface area (Å²) in [7, 11) is 1.70. The van der Waals surface area contributed by atoms with Crippen molar-refractivity contribution >= 4 is 28.7 Å². The quantitative estimate of drug-likeness (QED) is 0.795. The number of carbonyl (C=O) groups excluding carboxylic acids is 2. The van der Waals surface area contributed by atoms with Crippen LogP contribution in [0.5, 0.6) is 0 Å². The first-order valence-corrected chi connectivity index (χ1v) is 6.51. The van der Waals surface area contributed by atoms with Gasteiger partial charge in [-0.25, -0.2) is 4.79 Å². The molecule has 108 valence electrons. The zero-order valence-electron chi connectivity index (χ0n) is 11.3. The van der Waals surface area contributed by atoms with Crippen molar-refractivity contribution in [1.82, 2.24) is 15.1 Å². The van der Waals surface area contributed by atoms with E-state index >= 15 is 0 Å². The maximum absolute atomic E-state index is 12.0. The third-order valence-electron chi connectivity index (χ3n) is 3.70. The van der Waals surface area contributed by atoms with Crippen molar-refractivity contribution in [3.8, 4) is 0 Å². The summed E-state index contributed by atoms with van der Waals surface area (Å²) < 4.78 is 1.56. The summed E-state index contributed by atoms with van der Waals surface area (Å²) in [5, 5.41) is 16.4. The van der Waals surface area contributed by atoms with Crippen LogP contribution in [0.15, 0.2) is 18.2 Å². The van der Waals surface area contributed by atoms with Crippen molar-refractivity contribution in [2.24, 2.45) is 7.05 Å². The molecule has 2 amide bonds. The zero-order valence-corrected chi connectivity index (χ0v) is 11.3. The van der Waals surface area contributed by atoms with Gasteiger partial charge < -0.3 is 5.11 Å². The summed E-state index contributed by atoms with van der Waals surface area (Å²) in [4.78, 5) is 34.7. The van der Waals surface area contributed by atoms with Crippen LogP contribution in [0.3, 0.4) is 0 Å². The van der Waals surface area contributed by atoms with E-state index in [1.807, 2.05) is 0 Å². The zero-order chi connectivity index (χ0) is 15.1. The van der Waals surface area contributed by atoms with Gasteiger partial charge in [-0.3, -0.25) is 19.6 Å². The molecule has 0 bridgehead atoms. The van der Waals surface area contributed by atoms with Crippen LogP contribution in [0, 0.1) is 0 Å². The molecule has 1 unspecified atom stereocenters. The first-order chi connectivity index (χ1) is 9.99. The molecule has 1 aliphatic rings. The fraction of sp³-hybridized carbons (Fsp3) is 0.286. The Morgan fingerprint density at radius 2 is 2.19 bits per heavy atom. The second-order valence-corrected chi connectivity index (χ2v) is 5.02. The molecule has 0 saturated carbocycles. The van der Waals surface area contributed by atoms with Crippen LogP contribution < -0.4 is 5.32 Å². The number of hydrogen-bond acceptors (Lipinski definition) is 4. The van der Waals surface area contributed by atoms with Gasteiger partial charge in [0.2, 0.25) is 11.8 Å². The molecule has 1 aromatic heterocycles. The summed E-state index contributed by atoms with van der Waals surface area (Å²) in [6, 6.07) is 4.88. The van der Waals surface area contributed by atoms with Gasteiger partial charge in [-0.15, -0.1) is 0 Å². The number of fused-ring (bicyclic) bond motifs is 1. The molecule has 2 N–H and O–H groups in total. The van der Waals surface area contributed by atoms with E-state index in [4.69, 9.17) is 0 Å². The van der Waals surface area contributed by atoms with E-state index in [0.717, 1.165) is 0 Å². The predicted molar refractivity (Wildman–Crippen MR) is 72.8 cm³/mol. The van der Waals surface area contributed by atoms with Crippen LogP contribution >= 0.6 is 0 Å². The van der Waals surface area contributed by atoms with Crippen molar-refractivity contribution < 1.29 is 19.5 Å². The summed E-state index contributed by atoms with van der Waals surface area (Å²) in [6.45, 7) is 0. The molecule has 2 heterocycles. The molecule has 1 aliphatic heterocycles. The SMILES string of the molecule is Cn1nc(C2CCC(=O)NC2=O)c2c(C(=O)O)cccc21. The molecule has 7 nitrogen and oxygen atoms in total. The van der Waals surface area contributed by atoms with Gasteiger partial charge in [0.25, 0.3) is 0 Å². The number of imide groups is 1. The van der Waals surface area contributed by atoms with Gasteiger partial charge in [0.15, 0.2) is 0 Å². The number of carboxylic acids is 1. The van der Waals surface area contributed by atoms with Crippen molar-refractivity contribution in [2.45, 2.75) is 18.8 Å². The van der Waals surface area contributed by atoms with Gasteiger partial charge in [-0.1, -0.05) is 6.07 Å². The summed E-state index contributed by atoms with van der Waals surface area (Å²) in [5.41, 5.74) is 1.17. The molecule has 2 aromatic rings. The van der Waals surface area contributed by atoms with Crippen LogP contribution in [0.4, 0.5) is 0 Å². The highest BCUT2D eigenvalue weighted by atomic mass is 16.4. The number of aromatic nitrogens is 2. The van der Waals surface area contributed by atoms with Gasteiger partial charge >= 0.3 is 5.97 Å². The Labute approximate surface area is 119 Å². The van der Waals surface area contributed by atoms with E-state index in [9.17, 15) is 19.5 Å². The number of nitrogens with one attached hydrogen (secondary N) is 1. The fourth-order valence-electron chi connectivity index (χ4n) is 2.72. The average Bonchev–Trinajstić information content (AvgIpc) is 2.76. The van der Waals surface area contributed by atoms with E-state index in [2.05, 4.69) is 10.4 Å². The van der Waals surface area contributed by atoms with Gasteiger partial charge in [0.05, 0.1) is 22.7 Å². The Morgan fingerprint density at radius 3 is 2.86 bits per heavy atom. The van der Waals surface area contributed by atoms with Crippen molar-refractivity contribution in [3.63, 3.8) is 0 Å². The van der Waals surface area contributed by atoms with Gasteiger partial charge in [0.1, 0.15) is 0 Å². The monoisotopic (exact) mass is 287 g/mol. The molecule has 0 radical (unpaired) electrons. The highest BCUT2D eigenvalue weighted by Gasteiger charge is 2.32. The second-order valence-electron chi connectivity index (χ2n) is 5.02. The number of amides is 2. The number of aryl methyl sites for hydroxylation is 1. The number of carbonyl (C=O) groups is 3. The Balaban J connectivity index is 2.21. The topological polar surface area (TPSA) is 101 Å². The lowest BCUT2D eigenvalue weighted by Gasteiger charge is -2.19. The Hall–Kier alpha value is -2.70. The van der Waals surface area contributed by atoms with Crippen molar-refractivity contribution in [3.05, 3.63) is 29.5 Å². The normalized spacial score (nSPS) is 18.8. The lowest BCUT2D eigenvalue weighted by Crippen LogP contribution is -2.39. The van der Waals surface area contributed by atoms with Crippen LogP contribution in [-0.2, 0) is 16.6 Å². The highest BCUT2D eigenvalue weighted by molar-refractivity contribution is 6.07. The van der Waals surface area contributed by atoms with Crippen molar-refractivity contribution in [1.29, 1.82) is 0 Å². The number of benzene rings is 1. The smallest absolute Gasteiger partial charge is 0.336 e. The Bertz CT molecular complexity index is 778. The van der Waals surface area contributed by atoms with E-state index in [-0.39, 0.29) is 17.9 Å². The minimum atomic E-state index is -1.07. The highest BCUT2D eigenvalue weighted by Crippen LogP contribution is 2.32. The Morgan fingerprint density at radius 1 is 1.43 bits per heavy atom. The maximum Gasteiger partial charge on any atom is 0.336 e. The summed E-state index contributed by atoms with van der Waals surface area (Å²) >= 11 is 0. The first-order valence-electron chi connectivity index (χ1n) is 6.51. The van der Waals surface area contributed by atoms with Crippen molar-refractivity contribution in [2.75, 3.05) is 0 Å². The molecule has 1 saturated heterocycles. The standard InChI is InChI=1S/C14H13N3O4/c1-17-9-4-2-3-7(14(20)21)11(9)12(16-17)8-5-6-10(18)15-13(8)19/h2-4,8H,5-6H2,1H3,(H,20,21)(H,15,18,19). The predicted octanol–water partition coefficient (Wildman–Crippen LogP) is 0.792. The van der Waals surface area contributed by atoms with E-state index < -0.39 is 17.8 Å². The third-order valence-corrected chi connectivity index (χ3v) is 3.70. The van der Waals surface area contributed by atoms with Gasteiger partial charge in [-0.2, -0.15) is 5.10 Å². The Kier molecular flexibility index (Phi) is 2.97. The van der Waals surface area contributed by atoms with Gasteiger partial charge in [0, 0.05) is 18.9 Å². The first kappa shape index (κ1) is 13.3. The molecule has 21 heavy (non-hydrogen) atoms. The minimum Gasteiger partial charge on any atom is -0.478 e. The molecule has 7 heteroatoms. The molecular formula is C14H13N3O4. The fourth-order valence-corrected chi connectivity index (χ4v) is 2.72. The molecule has 1 atom stereocenters. The van der Waals surface area contributed by atoms with E-state index in [0.29, 0.717) is 23.0 Å². The van der Waals surface area contributed by atoms with Gasteiger partial charge in [-0.05, 0) is 18.6 Å². The maximum atomic E-state index is 12.0. The van der Waals surface area contributed by atoms with Crippen LogP contribution in [-0.4, -0.2) is 32.7 Å². The lowest BCUT2D eigenvalue weighted by atomic mass is 9.91. The summed E-state index contributed by atoms with van der Waals surface area (Å²) in [6.07, 6.45) is 0.564. The number of rotatable bonds is 2. The number of hydrogen-bond donors (Lipinski definition) is 2. The molecule has 1 aromatic carbocycles. The van der Waals surface area contributed by atoms with E-state index in [1.54, 1.807) is 23.9 Å². The molecule has 1 fully saturated rings. The number of nitrogens with zero attached hydrogens (tertiary/aromatic N) is 2. The lowest BCUT2D eigenvalue weighted by molar-refractivity contribution is -0.134. The van der Waals surface area contributed by atoms with Crippen LogP contribution in [0.25, 0.3) is 10.9 Å². The van der Waals surface area contributed by atoms with Crippen LogP contribution in [0.1, 0.15) is 34.8 Å². The van der Waals surface area contributed by atoms with E-state index in [1.165, 1.54) is 6.07 Å². The number of piperidine rings is 1. The third kappa shape index (κ3) is 2.06. The number of carboxylic acid groups (broad SMARTS) is 1. The largest absolute Gasteiger partial charge is 0.478 e. The molecule has 0 aliphatic carbocycles. The minimum absolute atomic E-state index is 0.111. The average molecular weight is 287 g/mol. The molecular weight excluding hydrogens is 274 g/mol. The summed E-state index contributed by atoms with van der Waals surface area (Å²) in [5.74, 6) is -2.41. The molecule has 3 rings (SSSR count). The number of aromatic carboxylic acids is 1. The van der Waals surface area contributed by atoms with Crippen LogP contribution in [0.2, 0.25) is 0 Å².